The second-order valence-electron chi connectivity index (χ2n) is 2.81. The maximum atomic E-state index is 10.2. The molecule has 2 nitrogen and oxygen atoms in total. The van der Waals surface area contributed by atoms with Crippen LogP contribution in [0.1, 0.15) is 23.3 Å². The first-order chi connectivity index (χ1) is 5.68. The van der Waals surface area contributed by atoms with Crippen molar-refractivity contribution >= 4 is 17.3 Å². The van der Waals surface area contributed by atoms with E-state index in [0.717, 1.165) is 12.8 Å². The molecular formula is C9H12O2S. The monoisotopic (exact) mass is 184 g/mol. The average Bonchev–Trinajstić information content (AvgIpc) is 2.35. The fourth-order valence-electron chi connectivity index (χ4n) is 1.07. The molecule has 1 aromatic heterocycles. The standard InChI is InChI=1S/C9H12O2S/c1-7-5-8(6-12-7)3-2-4-9(10)11/h5-6H,2-4H2,1H3,(H,10,11). The molecule has 0 amide bonds. The summed E-state index contributed by atoms with van der Waals surface area (Å²) in [7, 11) is 0. The Morgan fingerprint density at radius 3 is 2.92 bits per heavy atom. The minimum Gasteiger partial charge on any atom is -0.481 e. The zero-order valence-electron chi connectivity index (χ0n) is 7.04. The summed E-state index contributed by atoms with van der Waals surface area (Å²) in [6, 6.07) is 2.12. The molecule has 0 spiro atoms. The van der Waals surface area contributed by atoms with E-state index in [0.29, 0.717) is 0 Å². The summed E-state index contributed by atoms with van der Waals surface area (Å²) >= 11 is 1.72. The third kappa shape index (κ3) is 3.05. The van der Waals surface area contributed by atoms with Crippen molar-refractivity contribution in [3.8, 4) is 0 Å². The molecular weight excluding hydrogens is 172 g/mol. The van der Waals surface area contributed by atoms with Crippen molar-refractivity contribution in [3.05, 3.63) is 21.9 Å². The smallest absolute Gasteiger partial charge is 0.303 e. The fraction of sp³-hybridized carbons (Fsp3) is 0.444. The molecule has 0 aliphatic carbocycles. The van der Waals surface area contributed by atoms with Gasteiger partial charge in [-0.05, 0) is 36.8 Å². The second-order valence-corrected chi connectivity index (χ2v) is 3.93. The summed E-state index contributed by atoms with van der Waals surface area (Å²) in [5, 5.41) is 10.5. The van der Waals surface area contributed by atoms with Gasteiger partial charge in [-0.2, -0.15) is 0 Å². The maximum Gasteiger partial charge on any atom is 0.303 e. The lowest BCUT2D eigenvalue weighted by Gasteiger charge is -1.93. The van der Waals surface area contributed by atoms with E-state index in [-0.39, 0.29) is 6.42 Å². The van der Waals surface area contributed by atoms with Crippen molar-refractivity contribution in [1.82, 2.24) is 0 Å². The van der Waals surface area contributed by atoms with E-state index in [9.17, 15) is 4.79 Å². The molecule has 0 bridgehead atoms. The van der Waals surface area contributed by atoms with Gasteiger partial charge in [-0.1, -0.05) is 0 Å². The number of hydrogen-bond acceptors (Lipinski definition) is 2. The summed E-state index contributed by atoms with van der Waals surface area (Å²) in [6.07, 6.45) is 1.90. The number of rotatable bonds is 4. The van der Waals surface area contributed by atoms with E-state index < -0.39 is 5.97 Å². The Kier molecular flexibility index (Phi) is 3.29. The Morgan fingerprint density at radius 2 is 2.42 bits per heavy atom. The van der Waals surface area contributed by atoms with Crippen molar-refractivity contribution in [1.29, 1.82) is 0 Å². The minimum atomic E-state index is -0.707. The van der Waals surface area contributed by atoms with Crippen LogP contribution < -0.4 is 0 Å². The van der Waals surface area contributed by atoms with E-state index in [1.165, 1.54) is 10.4 Å². The Bertz CT molecular complexity index is 265. The highest BCUT2D eigenvalue weighted by Crippen LogP contribution is 2.14. The van der Waals surface area contributed by atoms with Crippen molar-refractivity contribution in [2.45, 2.75) is 26.2 Å². The molecule has 0 aliphatic rings. The molecule has 0 atom stereocenters. The van der Waals surface area contributed by atoms with Crippen molar-refractivity contribution in [3.63, 3.8) is 0 Å². The lowest BCUT2D eigenvalue weighted by atomic mass is 10.1. The molecule has 0 aliphatic heterocycles. The first kappa shape index (κ1) is 9.26. The minimum absolute atomic E-state index is 0.273. The van der Waals surface area contributed by atoms with Crippen molar-refractivity contribution < 1.29 is 9.90 Å². The summed E-state index contributed by atoms with van der Waals surface area (Å²) in [5.41, 5.74) is 1.26. The molecule has 0 radical (unpaired) electrons. The highest BCUT2D eigenvalue weighted by molar-refractivity contribution is 7.10. The van der Waals surface area contributed by atoms with Gasteiger partial charge in [-0.15, -0.1) is 11.3 Å². The van der Waals surface area contributed by atoms with E-state index in [2.05, 4.69) is 18.4 Å². The average molecular weight is 184 g/mol. The van der Waals surface area contributed by atoms with Crippen LogP contribution in [0.5, 0.6) is 0 Å². The van der Waals surface area contributed by atoms with Gasteiger partial charge in [0.25, 0.3) is 0 Å². The quantitative estimate of drug-likeness (QED) is 0.780. The molecule has 1 N–H and O–H groups in total. The normalized spacial score (nSPS) is 10.1. The van der Waals surface area contributed by atoms with E-state index >= 15 is 0 Å². The summed E-state index contributed by atoms with van der Waals surface area (Å²) in [5.74, 6) is -0.707. The molecule has 0 fully saturated rings. The molecule has 66 valence electrons. The predicted molar refractivity (Wildman–Crippen MR) is 49.6 cm³/mol. The Morgan fingerprint density at radius 1 is 1.67 bits per heavy atom. The fourth-order valence-corrected chi connectivity index (χ4v) is 1.82. The Labute approximate surface area is 75.9 Å². The lowest BCUT2D eigenvalue weighted by Crippen LogP contribution is -1.94. The molecule has 0 unspecified atom stereocenters. The van der Waals surface area contributed by atoms with Gasteiger partial charge in [-0.25, -0.2) is 0 Å². The van der Waals surface area contributed by atoms with Gasteiger partial charge in [0, 0.05) is 11.3 Å². The predicted octanol–water partition coefficient (Wildman–Crippen LogP) is 2.46. The van der Waals surface area contributed by atoms with Crippen LogP contribution in [0.25, 0.3) is 0 Å². The number of carbonyl (C=O) groups is 1. The topological polar surface area (TPSA) is 37.3 Å². The van der Waals surface area contributed by atoms with Crippen LogP contribution in [0, 0.1) is 6.92 Å². The summed E-state index contributed by atoms with van der Waals surface area (Å²) in [6.45, 7) is 2.06. The number of aryl methyl sites for hydroxylation is 2. The van der Waals surface area contributed by atoms with Crippen molar-refractivity contribution in [2.75, 3.05) is 0 Å². The van der Waals surface area contributed by atoms with Crippen LogP contribution in [-0.4, -0.2) is 11.1 Å². The van der Waals surface area contributed by atoms with Gasteiger partial charge in [0.1, 0.15) is 0 Å². The first-order valence-electron chi connectivity index (χ1n) is 3.94. The third-order valence-electron chi connectivity index (χ3n) is 1.64. The highest BCUT2D eigenvalue weighted by Gasteiger charge is 1.99. The zero-order valence-corrected chi connectivity index (χ0v) is 7.86. The van der Waals surface area contributed by atoms with Gasteiger partial charge in [0.05, 0.1) is 0 Å². The molecule has 1 rings (SSSR count). The van der Waals surface area contributed by atoms with Crippen LogP contribution in [0.3, 0.4) is 0 Å². The third-order valence-corrected chi connectivity index (χ3v) is 2.55. The maximum absolute atomic E-state index is 10.2. The van der Waals surface area contributed by atoms with Crippen LogP contribution in [0.15, 0.2) is 11.4 Å². The molecule has 3 heteroatoms. The molecule has 0 saturated heterocycles. The molecule has 12 heavy (non-hydrogen) atoms. The number of hydrogen-bond donors (Lipinski definition) is 1. The number of carboxylic acid groups (broad SMARTS) is 1. The number of carboxylic acids is 1. The highest BCUT2D eigenvalue weighted by atomic mass is 32.1. The largest absolute Gasteiger partial charge is 0.481 e. The zero-order chi connectivity index (χ0) is 8.97. The SMILES string of the molecule is Cc1cc(CCCC(=O)O)cs1. The first-order valence-corrected chi connectivity index (χ1v) is 4.82. The lowest BCUT2D eigenvalue weighted by molar-refractivity contribution is -0.137. The molecule has 1 heterocycles. The van der Waals surface area contributed by atoms with Gasteiger partial charge in [0.15, 0.2) is 0 Å². The van der Waals surface area contributed by atoms with Gasteiger partial charge in [-0.3, -0.25) is 4.79 Å². The van der Waals surface area contributed by atoms with Crippen LogP contribution >= 0.6 is 11.3 Å². The van der Waals surface area contributed by atoms with E-state index in [4.69, 9.17) is 5.11 Å². The van der Waals surface area contributed by atoms with Crippen molar-refractivity contribution in [2.24, 2.45) is 0 Å². The van der Waals surface area contributed by atoms with E-state index in [1.54, 1.807) is 11.3 Å². The molecule has 1 aromatic rings. The van der Waals surface area contributed by atoms with E-state index in [1.807, 2.05) is 0 Å². The van der Waals surface area contributed by atoms with Gasteiger partial charge >= 0.3 is 5.97 Å². The van der Waals surface area contributed by atoms with Gasteiger partial charge in [0.2, 0.25) is 0 Å². The summed E-state index contributed by atoms with van der Waals surface area (Å²) < 4.78 is 0. The Balaban J connectivity index is 2.29. The number of aliphatic carboxylic acids is 1. The van der Waals surface area contributed by atoms with Gasteiger partial charge < -0.3 is 5.11 Å². The second kappa shape index (κ2) is 4.26. The molecule has 0 saturated carbocycles. The molecule has 0 aromatic carbocycles. The number of thiophene rings is 1. The van der Waals surface area contributed by atoms with Crippen LogP contribution in [-0.2, 0) is 11.2 Å². The van der Waals surface area contributed by atoms with Crippen LogP contribution in [0.4, 0.5) is 0 Å². The Hall–Kier alpha value is -0.830. The van der Waals surface area contributed by atoms with Crippen LogP contribution in [0.2, 0.25) is 0 Å². The summed E-state index contributed by atoms with van der Waals surface area (Å²) in [4.78, 5) is 11.5.